The largest absolute Gasteiger partial charge is 0.457 e. The highest BCUT2D eigenvalue weighted by Crippen LogP contribution is 2.42. The minimum atomic E-state index is -3.29. The van der Waals surface area contributed by atoms with Gasteiger partial charge in [-0.2, -0.15) is 0 Å². The third-order valence-electron chi connectivity index (χ3n) is 8.21. The zero-order valence-electron chi connectivity index (χ0n) is 22.1. The highest BCUT2D eigenvalue weighted by atomic mass is 35.5. The number of halogens is 1. The topological polar surface area (TPSA) is 87.7 Å². The molecule has 3 fully saturated rings. The Balaban J connectivity index is 0.00000336. The summed E-state index contributed by atoms with van der Waals surface area (Å²) in [6.45, 7) is 3.94. The van der Waals surface area contributed by atoms with Gasteiger partial charge in [-0.15, -0.1) is 12.4 Å². The number of hydrogen-bond donors (Lipinski definition) is 2. The molecule has 1 heterocycles. The SMILES string of the molecule is CS(=O)(=O)Nc1ccc(Oc2ccc(CN3C[C@H]4C[C@@H](C(=O)NCC5CCCCC5)C[C@H]4C3)cc2)cc1.Cl. The van der Waals surface area contributed by atoms with E-state index in [1.807, 2.05) is 12.1 Å². The van der Waals surface area contributed by atoms with Crippen molar-refractivity contribution in [2.45, 2.75) is 51.5 Å². The molecule has 0 radical (unpaired) electrons. The maximum Gasteiger partial charge on any atom is 0.229 e. The summed E-state index contributed by atoms with van der Waals surface area (Å²) < 4.78 is 31.0. The molecule has 2 aliphatic carbocycles. The third kappa shape index (κ3) is 7.87. The molecule has 208 valence electrons. The summed E-state index contributed by atoms with van der Waals surface area (Å²) in [4.78, 5) is 15.3. The van der Waals surface area contributed by atoms with Gasteiger partial charge in [0, 0.05) is 37.8 Å². The lowest BCUT2D eigenvalue weighted by Crippen LogP contribution is -2.35. The van der Waals surface area contributed by atoms with Crippen LogP contribution in [0, 0.1) is 23.7 Å². The Morgan fingerprint density at radius 3 is 2.08 bits per heavy atom. The number of fused-ring (bicyclic) bond motifs is 1. The van der Waals surface area contributed by atoms with Crippen molar-refractivity contribution in [3.63, 3.8) is 0 Å². The summed E-state index contributed by atoms with van der Waals surface area (Å²) in [6.07, 6.45) is 9.73. The molecule has 1 amide bonds. The summed E-state index contributed by atoms with van der Waals surface area (Å²) in [5.74, 6) is 3.85. The predicted molar refractivity (Wildman–Crippen MR) is 153 cm³/mol. The summed E-state index contributed by atoms with van der Waals surface area (Å²) >= 11 is 0. The molecule has 2 saturated carbocycles. The number of nitrogens with one attached hydrogen (secondary N) is 2. The zero-order chi connectivity index (χ0) is 25.8. The monoisotopic (exact) mass is 561 g/mol. The minimum Gasteiger partial charge on any atom is -0.457 e. The number of anilines is 1. The van der Waals surface area contributed by atoms with E-state index in [1.165, 1.54) is 37.7 Å². The molecule has 2 aromatic carbocycles. The van der Waals surface area contributed by atoms with Gasteiger partial charge in [0.1, 0.15) is 11.5 Å². The molecule has 0 spiro atoms. The van der Waals surface area contributed by atoms with Crippen LogP contribution in [-0.2, 0) is 21.4 Å². The summed E-state index contributed by atoms with van der Waals surface area (Å²) in [5, 5.41) is 3.28. The molecule has 1 aliphatic heterocycles. The Morgan fingerprint density at radius 2 is 1.50 bits per heavy atom. The maximum atomic E-state index is 12.8. The molecule has 5 rings (SSSR count). The number of hydrogen-bond acceptors (Lipinski definition) is 5. The standard InChI is InChI=1S/C29H39N3O4S.ClH/c1-37(34,35)31-26-9-13-28(14-10-26)36-27-11-7-22(8-12-27)18-32-19-24-15-23(16-25(24)20-32)29(33)30-17-21-5-3-2-4-6-21;/h7-14,21,23-25,31H,2-6,15-20H2,1H3,(H,30,33);1H/t23-,24-,25+;. The van der Waals surface area contributed by atoms with Crippen molar-refractivity contribution in [1.29, 1.82) is 0 Å². The average molecular weight is 562 g/mol. The average Bonchev–Trinajstić information content (AvgIpc) is 3.44. The van der Waals surface area contributed by atoms with Crippen molar-refractivity contribution < 1.29 is 17.9 Å². The van der Waals surface area contributed by atoms with Crippen molar-refractivity contribution in [3.05, 3.63) is 54.1 Å². The van der Waals surface area contributed by atoms with Gasteiger partial charge in [-0.3, -0.25) is 14.4 Å². The van der Waals surface area contributed by atoms with E-state index in [-0.39, 0.29) is 18.3 Å². The number of likely N-dealkylation sites (tertiary alicyclic amines) is 1. The Labute approximate surface area is 233 Å². The molecule has 7 nitrogen and oxygen atoms in total. The molecule has 3 atom stereocenters. The molecule has 3 aliphatic rings. The van der Waals surface area contributed by atoms with Crippen LogP contribution < -0.4 is 14.8 Å². The third-order valence-corrected chi connectivity index (χ3v) is 8.82. The molecule has 2 aromatic rings. The fraction of sp³-hybridized carbons (Fsp3) is 0.552. The number of nitrogens with zero attached hydrogens (tertiary/aromatic N) is 1. The van der Waals surface area contributed by atoms with E-state index in [1.54, 1.807) is 24.3 Å². The van der Waals surface area contributed by atoms with E-state index in [9.17, 15) is 13.2 Å². The van der Waals surface area contributed by atoms with E-state index in [0.29, 0.717) is 35.1 Å². The molecule has 0 unspecified atom stereocenters. The molecule has 38 heavy (non-hydrogen) atoms. The first-order valence-corrected chi connectivity index (χ1v) is 15.5. The highest BCUT2D eigenvalue weighted by Gasteiger charge is 2.43. The summed E-state index contributed by atoms with van der Waals surface area (Å²) in [7, 11) is -3.29. The van der Waals surface area contributed by atoms with Crippen LogP contribution in [-0.4, -0.2) is 45.1 Å². The van der Waals surface area contributed by atoms with Crippen LogP contribution in [0.2, 0.25) is 0 Å². The molecule has 0 aromatic heterocycles. The van der Waals surface area contributed by atoms with E-state index in [4.69, 9.17) is 4.74 Å². The van der Waals surface area contributed by atoms with Crippen molar-refractivity contribution in [3.8, 4) is 11.5 Å². The molecule has 9 heteroatoms. The smallest absolute Gasteiger partial charge is 0.229 e. The van der Waals surface area contributed by atoms with Crippen LogP contribution in [0.15, 0.2) is 48.5 Å². The van der Waals surface area contributed by atoms with E-state index in [2.05, 4.69) is 27.1 Å². The molecular weight excluding hydrogens is 522 g/mol. The van der Waals surface area contributed by atoms with Crippen LogP contribution in [0.5, 0.6) is 11.5 Å². The number of sulfonamides is 1. The van der Waals surface area contributed by atoms with Gasteiger partial charge in [0.15, 0.2) is 0 Å². The van der Waals surface area contributed by atoms with E-state index in [0.717, 1.165) is 51.0 Å². The maximum absolute atomic E-state index is 12.8. The van der Waals surface area contributed by atoms with E-state index >= 15 is 0 Å². The van der Waals surface area contributed by atoms with Crippen molar-refractivity contribution in [2.75, 3.05) is 30.6 Å². The predicted octanol–water partition coefficient (Wildman–Crippen LogP) is 5.43. The minimum absolute atomic E-state index is 0. The number of benzene rings is 2. The lowest BCUT2D eigenvalue weighted by Gasteiger charge is -2.23. The summed E-state index contributed by atoms with van der Waals surface area (Å²) in [5.41, 5.74) is 1.76. The van der Waals surface area contributed by atoms with Gasteiger partial charge in [0.2, 0.25) is 15.9 Å². The number of carbonyl (C=O) groups is 1. The van der Waals surface area contributed by atoms with Gasteiger partial charge < -0.3 is 10.1 Å². The lowest BCUT2D eigenvalue weighted by molar-refractivity contribution is -0.125. The number of carbonyl (C=O) groups excluding carboxylic acids is 1. The first kappa shape index (κ1) is 28.7. The second-order valence-electron chi connectivity index (χ2n) is 11.3. The molecule has 2 N–H and O–H groups in total. The highest BCUT2D eigenvalue weighted by molar-refractivity contribution is 7.92. The quantitative estimate of drug-likeness (QED) is 0.426. The summed E-state index contributed by atoms with van der Waals surface area (Å²) in [6, 6.07) is 15.0. The van der Waals surface area contributed by atoms with Gasteiger partial charge >= 0.3 is 0 Å². The molecular formula is C29H40ClN3O4S. The molecule has 1 saturated heterocycles. The van der Waals surface area contributed by atoms with E-state index < -0.39 is 10.0 Å². The van der Waals surface area contributed by atoms with Crippen LogP contribution in [0.3, 0.4) is 0 Å². The number of amides is 1. The van der Waals surface area contributed by atoms with Crippen LogP contribution in [0.1, 0.15) is 50.5 Å². The Morgan fingerprint density at radius 1 is 0.921 bits per heavy atom. The van der Waals surface area contributed by atoms with Gasteiger partial charge in [0.05, 0.1) is 6.26 Å². The zero-order valence-corrected chi connectivity index (χ0v) is 23.7. The number of rotatable bonds is 9. The van der Waals surface area contributed by atoms with Gasteiger partial charge in [-0.1, -0.05) is 31.4 Å². The van der Waals surface area contributed by atoms with Gasteiger partial charge in [-0.25, -0.2) is 8.42 Å². The normalized spacial score (nSPS) is 23.9. The van der Waals surface area contributed by atoms with Crippen molar-refractivity contribution in [2.24, 2.45) is 23.7 Å². The Bertz CT molecular complexity index is 1150. The first-order valence-electron chi connectivity index (χ1n) is 13.7. The van der Waals surface area contributed by atoms with Crippen LogP contribution in [0.4, 0.5) is 5.69 Å². The van der Waals surface area contributed by atoms with Gasteiger partial charge in [0.25, 0.3) is 0 Å². The lowest BCUT2D eigenvalue weighted by atomic mass is 9.89. The Hall–Kier alpha value is -2.29. The fourth-order valence-electron chi connectivity index (χ4n) is 6.38. The fourth-order valence-corrected chi connectivity index (χ4v) is 6.95. The number of ether oxygens (including phenoxy) is 1. The first-order chi connectivity index (χ1) is 17.8. The molecule has 0 bridgehead atoms. The van der Waals surface area contributed by atoms with Crippen molar-refractivity contribution in [1.82, 2.24) is 10.2 Å². The van der Waals surface area contributed by atoms with Crippen molar-refractivity contribution >= 4 is 34.0 Å². The van der Waals surface area contributed by atoms with Crippen LogP contribution >= 0.6 is 12.4 Å². The Kier molecular flexibility index (Phi) is 9.60. The second kappa shape index (κ2) is 12.7. The van der Waals surface area contributed by atoms with Gasteiger partial charge in [-0.05, 0) is 85.4 Å². The second-order valence-corrected chi connectivity index (χ2v) is 13.0. The van der Waals surface area contributed by atoms with Crippen LogP contribution in [0.25, 0.3) is 0 Å².